The average Bonchev–Trinajstić information content (AvgIpc) is 2.57. The molecule has 2 fully saturated rings. The van der Waals surface area contributed by atoms with Gasteiger partial charge in [-0.15, -0.1) is 0 Å². The van der Waals surface area contributed by atoms with E-state index in [1.807, 2.05) is 6.07 Å². The van der Waals surface area contributed by atoms with Crippen molar-refractivity contribution in [2.24, 2.45) is 17.8 Å². The Morgan fingerprint density at radius 2 is 1.48 bits per heavy atom. The fourth-order valence-electron chi connectivity index (χ4n) is 4.65. The predicted molar refractivity (Wildman–Crippen MR) is 93.1 cm³/mol. The van der Waals surface area contributed by atoms with Crippen molar-refractivity contribution in [3.63, 3.8) is 0 Å². The lowest BCUT2D eigenvalue weighted by atomic mass is 9.74. The highest BCUT2D eigenvalue weighted by molar-refractivity contribution is 5.30. The highest BCUT2D eigenvalue weighted by Crippen LogP contribution is 2.40. The van der Waals surface area contributed by atoms with E-state index in [1.165, 1.54) is 76.3 Å². The molecule has 1 nitrogen and oxygen atoms in total. The SMILES string of the molecule is CC1CCC(CCC2CCC(c3ccc(O)c(F)c3)CC2)CC1. The van der Waals surface area contributed by atoms with E-state index in [9.17, 15) is 9.50 Å². The molecule has 3 rings (SSSR count). The van der Waals surface area contributed by atoms with Crippen molar-refractivity contribution in [1.82, 2.24) is 0 Å². The molecule has 1 aromatic rings. The highest BCUT2D eigenvalue weighted by atomic mass is 19.1. The van der Waals surface area contributed by atoms with Crippen LogP contribution in [0, 0.1) is 23.6 Å². The van der Waals surface area contributed by atoms with E-state index >= 15 is 0 Å². The molecule has 2 saturated carbocycles. The molecule has 0 amide bonds. The maximum atomic E-state index is 13.5. The summed E-state index contributed by atoms with van der Waals surface area (Å²) in [5.41, 5.74) is 1.07. The molecule has 0 atom stereocenters. The molecule has 1 aromatic carbocycles. The largest absolute Gasteiger partial charge is 0.505 e. The third-order valence-electron chi connectivity index (χ3n) is 6.41. The summed E-state index contributed by atoms with van der Waals surface area (Å²) in [6.07, 6.45) is 13.5. The number of phenolic OH excluding ortho intramolecular Hbond substituents is 1. The minimum absolute atomic E-state index is 0.232. The second-order valence-electron chi connectivity index (χ2n) is 8.13. The monoisotopic (exact) mass is 318 g/mol. The molecular formula is C21H31FO. The predicted octanol–water partition coefficient (Wildman–Crippen LogP) is 6.41. The van der Waals surface area contributed by atoms with Crippen LogP contribution in [0.5, 0.6) is 5.75 Å². The van der Waals surface area contributed by atoms with E-state index in [2.05, 4.69) is 6.92 Å². The van der Waals surface area contributed by atoms with E-state index < -0.39 is 5.82 Å². The normalized spacial score (nSPS) is 31.9. The lowest BCUT2D eigenvalue weighted by Crippen LogP contribution is -2.17. The zero-order chi connectivity index (χ0) is 16.2. The molecule has 1 N–H and O–H groups in total. The Labute approximate surface area is 140 Å². The number of aromatic hydroxyl groups is 1. The van der Waals surface area contributed by atoms with Gasteiger partial charge in [-0.05, 0) is 67.1 Å². The van der Waals surface area contributed by atoms with Gasteiger partial charge in [-0.2, -0.15) is 0 Å². The van der Waals surface area contributed by atoms with E-state index in [0.717, 1.165) is 23.3 Å². The summed E-state index contributed by atoms with van der Waals surface area (Å²) in [6.45, 7) is 2.39. The van der Waals surface area contributed by atoms with Gasteiger partial charge >= 0.3 is 0 Å². The van der Waals surface area contributed by atoms with Crippen molar-refractivity contribution >= 4 is 0 Å². The number of benzene rings is 1. The summed E-state index contributed by atoms with van der Waals surface area (Å²) in [4.78, 5) is 0. The first-order valence-corrected chi connectivity index (χ1v) is 9.60. The van der Waals surface area contributed by atoms with Gasteiger partial charge in [0.1, 0.15) is 0 Å². The van der Waals surface area contributed by atoms with Gasteiger partial charge in [0, 0.05) is 0 Å². The van der Waals surface area contributed by atoms with Crippen LogP contribution in [0.4, 0.5) is 4.39 Å². The number of hydrogen-bond donors (Lipinski definition) is 1. The summed E-state index contributed by atoms with van der Waals surface area (Å²) in [6, 6.07) is 4.93. The molecule has 0 saturated heterocycles. The van der Waals surface area contributed by atoms with Crippen LogP contribution in [0.3, 0.4) is 0 Å². The summed E-state index contributed by atoms with van der Waals surface area (Å²) in [5.74, 6) is 2.59. The van der Waals surface area contributed by atoms with Crippen LogP contribution < -0.4 is 0 Å². The first-order chi connectivity index (χ1) is 11.1. The van der Waals surface area contributed by atoms with Crippen LogP contribution in [-0.2, 0) is 0 Å². The van der Waals surface area contributed by atoms with Gasteiger partial charge in [0.05, 0.1) is 0 Å². The second-order valence-corrected chi connectivity index (χ2v) is 8.13. The van der Waals surface area contributed by atoms with Crippen LogP contribution >= 0.6 is 0 Å². The van der Waals surface area contributed by atoms with Crippen LogP contribution in [0.15, 0.2) is 18.2 Å². The highest BCUT2D eigenvalue weighted by Gasteiger charge is 2.25. The summed E-state index contributed by atoms with van der Waals surface area (Å²) in [7, 11) is 0. The van der Waals surface area contributed by atoms with E-state index in [1.54, 1.807) is 0 Å². The maximum Gasteiger partial charge on any atom is 0.165 e. The lowest BCUT2D eigenvalue weighted by molar-refractivity contribution is 0.237. The average molecular weight is 318 g/mol. The van der Waals surface area contributed by atoms with Gasteiger partial charge < -0.3 is 5.11 Å². The van der Waals surface area contributed by atoms with Gasteiger partial charge in [0.15, 0.2) is 11.6 Å². The molecule has 2 heteroatoms. The zero-order valence-corrected chi connectivity index (χ0v) is 14.4. The molecule has 0 spiro atoms. The minimum Gasteiger partial charge on any atom is -0.505 e. The molecule has 23 heavy (non-hydrogen) atoms. The molecule has 0 radical (unpaired) electrons. The summed E-state index contributed by atoms with van der Waals surface area (Å²) in [5, 5.41) is 9.32. The number of rotatable bonds is 4. The van der Waals surface area contributed by atoms with Gasteiger partial charge in [-0.1, -0.05) is 51.5 Å². The first-order valence-electron chi connectivity index (χ1n) is 9.60. The molecule has 2 aliphatic rings. The molecule has 0 unspecified atom stereocenters. The Morgan fingerprint density at radius 3 is 2.04 bits per heavy atom. The second kappa shape index (κ2) is 7.68. The van der Waals surface area contributed by atoms with Crippen LogP contribution in [0.2, 0.25) is 0 Å². The molecule has 128 valence electrons. The Balaban J connectivity index is 1.42. The minimum atomic E-state index is -0.476. The lowest BCUT2D eigenvalue weighted by Gasteiger charge is -2.31. The van der Waals surface area contributed by atoms with Gasteiger partial charge in [0.2, 0.25) is 0 Å². The van der Waals surface area contributed by atoms with E-state index in [0.29, 0.717) is 5.92 Å². The molecule has 0 heterocycles. The number of halogens is 1. The Hall–Kier alpha value is -1.05. The fraction of sp³-hybridized carbons (Fsp3) is 0.714. The Morgan fingerprint density at radius 1 is 0.913 bits per heavy atom. The molecule has 0 aromatic heterocycles. The van der Waals surface area contributed by atoms with Crippen molar-refractivity contribution in [2.75, 3.05) is 0 Å². The van der Waals surface area contributed by atoms with Crippen LogP contribution in [0.1, 0.15) is 82.6 Å². The molecule has 2 aliphatic carbocycles. The Kier molecular flexibility index (Phi) is 5.61. The van der Waals surface area contributed by atoms with Crippen molar-refractivity contribution in [3.05, 3.63) is 29.6 Å². The standard InChI is InChI=1S/C21H31FO/c1-15-2-4-16(5-3-15)6-7-17-8-10-18(11-9-17)19-12-13-21(23)20(22)14-19/h12-18,23H,2-11H2,1H3. The summed E-state index contributed by atoms with van der Waals surface area (Å²) >= 11 is 0. The number of phenols is 1. The number of hydrogen-bond acceptors (Lipinski definition) is 1. The van der Waals surface area contributed by atoms with Crippen LogP contribution in [0.25, 0.3) is 0 Å². The van der Waals surface area contributed by atoms with Crippen molar-refractivity contribution in [2.45, 2.75) is 77.0 Å². The van der Waals surface area contributed by atoms with Crippen molar-refractivity contribution in [3.8, 4) is 5.75 Å². The third-order valence-corrected chi connectivity index (χ3v) is 6.41. The van der Waals surface area contributed by atoms with E-state index in [4.69, 9.17) is 0 Å². The summed E-state index contributed by atoms with van der Waals surface area (Å²) < 4.78 is 13.5. The van der Waals surface area contributed by atoms with E-state index in [-0.39, 0.29) is 5.75 Å². The quantitative estimate of drug-likeness (QED) is 0.680. The molecular weight excluding hydrogens is 287 g/mol. The third kappa shape index (κ3) is 4.49. The van der Waals surface area contributed by atoms with Crippen molar-refractivity contribution < 1.29 is 9.50 Å². The maximum absolute atomic E-state index is 13.5. The Bertz CT molecular complexity index is 497. The smallest absolute Gasteiger partial charge is 0.165 e. The molecule has 0 bridgehead atoms. The molecule has 0 aliphatic heterocycles. The van der Waals surface area contributed by atoms with Crippen LogP contribution in [-0.4, -0.2) is 5.11 Å². The first kappa shape index (κ1) is 16.8. The fourth-order valence-corrected chi connectivity index (χ4v) is 4.65. The zero-order valence-electron chi connectivity index (χ0n) is 14.4. The van der Waals surface area contributed by atoms with Gasteiger partial charge in [-0.3, -0.25) is 0 Å². The topological polar surface area (TPSA) is 20.2 Å². The van der Waals surface area contributed by atoms with Crippen molar-refractivity contribution in [1.29, 1.82) is 0 Å². The van der Waals surface area contributed by atoms with Gasteiger partial charge in [0.25, 0.3) is 0 Å². The van der Waals surface area contributed by atoms with Gasteiger partial charge in [-0.25, -0.2) is 4.39 Å².